The van der Waals surface area contributed by atoms with E-state index in [1.807, 2.05) is 24.3 Å². The second kappa shape index (κ2) is 4.01. The lowest BCUT2D eigenvalue weighted by atomic mass is 10.3. The molecule has 0 aliphatic rings. The van der Waals surface area contributed by atoms with Crippen LogP contribution in [0, 0.1) is 0 Å². The molecule has 16 heavy (non-hydrogen) atoms. The van der Waals surface area contributed by atoms with Crippen molar-refractivity contribution in [2.75, 3.05) is 5.43 Å². The zero-order valence-corrected chi connectivity index (χ0v) is 8.56. The van der Waals surface area contributed by atoms with Crippen LogP contribution in [0.25, 0.3) is 11.0 Å². The molecule has 0 spiro atoms. The van der Waals surface area contributed by atoms with Crippen molar-refractivity contribution < 1.29 is 9.90 Å². The van der Waals surface area contributed by atoms with Crippen molar-refractivity contribution in [3.05, 3.63) is 24.3 Å². The maximum Gasteiger partial charge on any atom is 0.351 e. The summed E-state index contributed by atoms with van der Waals surface area (Å²) in [6.45, 7) is 1.40. The summed E-state index contributed by atoms with van der Waals surface area (Å²) in [7, 11) is 0. The Kier molecular flexibility index (Phi) is 2.55. The molecule has 0 unspecified atom stereocenters. The van der Waals surface area contributed by atoms with Crippen LogP contribution in [0.4, 0.5) is 5.95 Å². The highest BCUT2D eigenvalue weighted by molar-refractivity contribution is 6.34. The lowest BCUT2D eigenvalue weighted by Crippen LogP contribution is -2.10. The van der Waals surface area contributed by atoms with Gasteiger partial charge in [-0.2, -0.15) is 5.10 Å². The van der Waals surface area contributed by atoms with E-state index < -0.39 is 5.97 Å². The number of nitrogens with zero attached hydrogens (tertiary/aromatic N) is 2. The van der Waals surface area contributed by atoms with E-state index in [4.69, 9.17) is 5.11 Å². The molecule has 3 N–H and O–H groups in total. The molecule has 6 nitrogen and oxygen atoms in total. The second-order valence-corrected chi connectivity index (χ2v) is 3.22. The normalized spacial score (nSPS) is 11.7. The molecule has 0 saturated carbocycles. The molecule has 0 atom stereocenters. The van der Waals surface area contributed by atoms with Crippen molar-refractivity contribution >= 4 is 28.7 Å². The Morgan fingerprint density at radius 3 is 2.94 bits per heavy atom. The number of carboxylic acid groups (broad SMARTS) is 1. The SMILES string of the molecule is CC(=NNc1nc2ccccc2[nH]1)C(=O)O. The van der Waals surface area contributed by atoms with Gasteiger partial charge >= 0.3 is 5.97 Å². The average Bonchev–Trinajstić information content (AvgIpc) is 2.68. The molecule has 0 fully saturated rings. The molecule has 0 bridgehead atoms. The van der Waals surface area contributed by atoms with Gasteiger partial charge in [0.1, 0.15) is 5.71 Å². The topological polar surface area (TPSA) is 90.4 Å². The number of carbonyl (C=O) groups is 1. The number of hydrogen-bond acceptors (Lipinski definition) is 4. The first-order valence-electron chi connectivity index (χ1n) is 4.65. The average molecular weight is 218 g/mol. The Morgan fingerprint density at radius 2 is 2.25 bits per heavy atom. The third-order valence-corrected chi connectivity index (χ3v) is 2.03. The van der Waals surface area contributed by atoms with E-state index >= 15 is 0 Å². The van der Waals surface area contributed by atoms with Crippen molar-refractivity contribution in [3.8, 4) is 0 Å². The van der Waals surface area contributed by atoms with Crippen LogP contribution in [0.2, 0.25) is 0 Å². The quantitative estimate of drug-likeness (QED) is 0.537. The molecule has 82 valence electrons. The Morgan fingerprint density at radius 1 is 1.50 bits per heavy atom. The summed E-state index contributed by atoms with van der Waals surface area (Å²) in [6, 6.07) is 7.49. The number of nitrogens with one attached hydrogen (secondary N) is 2. The fraction of sp³-hybridized carbons (Fsp3) is 0.100. The monoisotopic (exact) mass is 218 g/mol. The maximum absolute atomic E-state index is 10.5. The fourth-order valence-corrected chi connectivity index (χ4v) is 1.19. The number of aromatic nitrogens is 2. The molecule has 0 aliphatic carbocycles. The third kappa shape index (κ3) is 2.00. The van der Waals surface area contributed by atoms with E-state index in [1.165, 1.54) is 6.92 Å². The molecule has 1 aromatic carbocycles. The van der Waals surface area contributed by atoms with Gasteiger partial charge in [0.25, 0.3) is 0 Å². The number of hydrazone groups is 1. The first-order valence-corrected chi connectivity index (χ1v) is 4.65. The van der Waals surface area contributed by atoms with Gasteiger partial charge in [-0.05, 0) is 19.1 Å². The number of carboxylic acids is 1. The molecule has 1 aromatic heterocycles. The summed E-state index contributed by atoms with van der Waals surface area (Å²) in [5.74, 6) is -0.648. The minimum absolute atomic E-state index is 0.0274. The van der Waals surface area contributed by atoms with Crippen molar-refractivity contribution in [1.29, 1.82) is 0 Å². The molecular weight excluding hydrogens is 208 g/mol. The molecular formula is C10H10N4O2. The van der Waals surface area contributed by atoms with Crippen LogP contribution in [-0.4, -0.2) is 26.8 Å². The van der Waals surface area contributed by atoms with Crippen LogP contribution in [0.5, 0.6) is 0 Å². The summed E-state index contributed by atoms with van der Waals surface area (Å²) in [6.07, 6.45) is 0. The van der Waals surface area contributed by atoms with Gasteiger partial charge in [-0.3, -0.25) is 0 Å². The molecule has 0 saturated heterocycles. The molecule has 0 aliphatic heterocycles. The van der Waals surface area contributed by atoms with E-state index in [0.717, 1.165) is 11.0 Å². The number of anilines is 1. The summed E-state index contributed by atoms with van der Waals surface area (Å²) in [5.41, 5.74) is 4.20. The molecule has 0 radical (unpaired) electrons. The van der Waals surface area contributed by atoms with E-state index in [-0.39, 0.29) is 5.71 Å². The second-order valence-electron chi connectivity index (χ2n) is 3.22. The van der Waals surface area contributed by atoms with Gasteiger partial charge in [0.05, 0.1) is 11.0 Å². The van der Waals surface area contributed by atoms with Crippen LogP contribution < -0.4 is 5.43 Å². The minimum Gasteiger partial charge on any atom is -0.477 e. The number of benzene rings is 1. The van der Waals surface area contributed by atoms with Crippen LogP contribution in [0.1, 0.15) is 6.92 Å². The number of para-hydroxylation sites is 2. The zero-order valence-electron chi connectivity index (χ0n) is 8.56. The van der Waals surface area contributed by atoms with Crippen molar-refractivity contribution in [1.82, 2.24) is 9.97 Å². The maximum atomic E-state index is 10.5. The number of rotatable bonds is 3. The van der Waals surface area contributed by atoms with Gasteiger partial charge in [-0.15, -0.1) is 0 Å². The standard InChI is InChI=1S/C10H10N4O2/c1-6(9(15)16)13-14-10-11-7-4-2-3-5-8(7)12-10/h2-5H,1H3,(H,15,16)(H2,11,12,14). The van der Waals surface area contributed by atoms with Gasteiger partial charge in [-0.1, -0.05) is 12.1 Å². The number of aliphatic carboxylic acids is 1. The summed E-state index contributed by atoms with van der Waals surface area (Å²) >= 11 is 0. The smallest absolute Gasteiger partial charge is 0.351 e. The predicted octanol–water partition coefficient (Wildman–Crippen LogP) is 1.44. The van der Waals surface area contributed by atoms with Gasteiger partial charge in [0.15, 0.2) is 0 Å². The number of fused-ring (bicyclic) bond motifs is 1. The lowest BCUT2D eigenvalue weighted by molar-refractivity contribution is -0.129. The molecule has 6 heteroatoms. The highest BCUT2D eigenvalue weighted by atomic mass is 16.4. The number of imidazole rings is 1. The fourth-order valence-electron chi connectivity index (χ4n) is 1.19. The Bertz CT molecular complexity index is 526. The van der Waals surface area contributed by atoms with E-state index in [1.54, 1.807) is 0 Å². The Labute approximate surface area is 91.0 Å². The first-order chi connectivity index (χ1) is 7.66. The summed E-state index contributed by atoms with van der Waals surface area (Å²) < 4.78 is 0. The van der Waals surface area contributed by atoms with Crippen molar-refractivity contribution in [2.24, 2.45) is 5.10 Å². The van der Waals surface area contributed by atoms with Gasteiger partial charge < -0.3 is 10.1 Å². The Balaban J connectivity index is 2.22. The summed E-state index contributed by atoms with van der Waals surface area (Å²) in [5, 5.41) is 12.3. The third-order valence-electron chi connectivity index (χ3n) is 2.03. The molecule has 0 amide bonds. The lowest BCUT2D eigenvalue weighted by Gasteiger charge is -1.94. The highest BCUT2D eigenvalue weighted by Crippen LogP contribution is 2.12. The van der Waals surface area contributed by atoms with E-state index in [0.29, 0.717) is 5.95 Å². The van der Waals surface area contributed by atoms with E-state index in [9.17, 15) is 4.79 Å². The summed E-state index contributed by atoms with van der Waals surface area (Å²) in [4.78, 5) is 17.6. The van der Waals surface area contributed by atoms with Crippen LogP contribution in [-0.2, 0) is 4.79 Å². The van der Waals surface area contributed by atoms with Gasteiger partial charge in [0, 0.05) is 0 Å². The van der Waals surface area contributed by atoms with Crippen LogP contribution in [0.15, 0.2) is 29.4 Å². The first kappa shape index (κ1) is 10.2. The highest BCUT2D eigenvalue weighted by Gasteiger charge is 2.03. The number of H-pyrrole nitrogens is 1. The number of aromatic amines is 1. The molecule has 2 aromatic rings. The van der Waals surface area contributed by atoms with E-state index in [2.05, 4.69) is 20.5 Å². The van der Waals surface area contributed by atoms with Gasteiger partial charge in [-0.25, -0.2) is 15.2 Å². The zero-order chi connectivity index (χ0) is 11.5. The number of hydrogen-bond donors (Lipinski definition) is 3. The van der Waals surface area contributed by atoms with Gasteiger partial charge in [0.2, 0.25) is 5.95 Å². The molecule has 1 heterocycles. The Hall–Kier alpha value is -2.37. The van der Waals surface area contributed by atoms with Crippen molar-refractivity contribution in [2.45, 2.75) is 6.92 Å². The molecule has 2 rings (SSSR count). The van der Waals surface area contributed by atoms with Crippen LogP contribution in [0.3, 0.4) is 0 Å². The minimum atomic E-state index is -1.07. The van der Waals surface area contributed by atoms with Crippen LogP contribution >= 0.6 is 0 Å². The predicted molar refractivity (Wildman–Crippen MR) is 60.5 cm³/mol. The van der Waals surface area contributed by atoms with Crippen molar-refractivity contribution in [3.63, 3.8) is 0 Å². The largest absolute Gasteiger partial charge is 0.477 e.